The second-order valence-electron chi connectivity index (χ2n) is 11.2. The van der Waals surface area contributed by atoms with Crippen molar-refractivity contribution in [3.8, 4) is 11.1 Å². The van der Waals surface area contributed by atoms with E-state index in [1.807, 2.05) is 0 Å². The summed E-state index contributed by atoms with van der Waals surface area (Å²) in [5.74, 6) is -4.24. The number of para-hydroxylation sites is 1. The molecule has 0 saturated carbocycles. The minimum Gasteiger partial charge on any atom is -0.383 e. The number of rotatable bonds is 12. The van der Waals surface area contributed by atoms with Gasteiger partial charge < -0.3 is 19.1 Å². The summed E-state index contributed by atoms with van der Waals surface area (Å²) in [4.78, 5) is 27.8. The van der Waals surface area contributed by atoms with Crippen LogP contribution in [-0.2, 0) is 34.6 Å². The summed E-state index contributed by atoms with van der Waals surface area (Å²) in [7, 11) is -3.77. The summed E-state index contributed by atoms with van der Waals surface area (Å²) in [5.41, 5.74) is -1.28. The monoisotopic (exact) mass is 751 g/mol. The van der Waals surface area contributed by atoms with Crippen molar-refractivity contribution in [1.82, 2.24) is 14.4 Å². The first-order chi connectivity index (χ1) is 31.0. The molecule has 0 radical (unpaired) electrons. The molecule has 4 aromatic carbocycles. The van der Waals surface area contributed by atoms with Crippen molar-refractivity contribution in [2.24, 2.45) is 0 Å². The van der Waals surface area contributed by atoms with E-state index in [-0.39, 0.29) is 43.3 Å². The highest BCUT2D eigenvalue weighted by Crippen LogP contribution is 2.32. The molecule has 1 aromatic heterocycles. The van der Waals surface area contributed by atoms with Crippen LogP contribution in [0.15, 0.2) is 107 Å². The second-order valence-corrected chi connectivity index (χ2v) is 12.2. The molecule has 1 fully saturated rings. The molecule has 1 aliphatic heterocycles. The van der Waals surface area contributed by atoms with Crippen molar-refractivity contribution >= 4 is 28.6 Å². The number of thioether (sulfide) groups is 1. The van der Waals surface area contributed by atoms with E-state index in [2.05, 4.69) is 4.74 Å². The van der Waals surface area contributed by atoms with Crippen molar-refractivity contribution in [2.75, 3.05) is 33.1 Å². The Morgan fingerprint density at radius 2 is 1.69 bits per heavy atom. The standard InChI is InChI=1S/C40H38F5N3O3S/c1-51-22-21-46-19-17-32(18-20-46)47(24-27-9-11-28(12-10-27)29-13-15-31(16-14-29)40(43,44)45)37(50)25-48-35-8-3-2-6-33(35)36(49)23-38(48)52-26-30-5-4-7-34(41)39(30)42/h2-16,23,32H,17-22,24-26H2,1H3/i1D3,17D2,18D2,19D2,20D2,21D2,22D2,32D. The van der Waals surface area contributed by atoms with Crippen LogP contribution in [0.5, 0.6) is 0 Å². The molecule has 5 aromatic rings. The first kappa shape index (κ1) is 21.9. The quantitative estimate of drug-likeness (QED) is 0.0948. The number of hydrogen-bond acceptors (Lipinski definition) is 5. The number of methoxy groups -OCH3 is 1. The zero-order chi connectivity index (χ0) is 51.0. The number of alkyl halides is 3. The molecule has 0 atom stereocenters. The SMILES string of the molecule is [2H]C([2H])([2H])OC([2H])([2H])C([2H])([2H])N1C([2H])([2H])C([2H])([2H])C([2H])(N(Cc2ccc(-c3ccc(C(F)(F)F)cc3)cc2)C(=O)Cn2c(SCc3cccc(F)c3F)cc(=O)c3ccccc32)C([2H])([2H])C1([2H])[2H]. The fourth-order valence-corrected chi connectivity index (χ4v) is 6.32. The summed E-state index contributed by atoms with van der Waals surface area (Å²) in [6, 6.07) is 14.9. The Bertz CT molecular complexity index is 2750. The molecule has 0 N–H and O–H groups in total. The molecule has 0 spiro atoms. The summed E-state index contributed by atoms with van der Waals surface area (Å²) < 4.78 is 212. The number of fused-ring (bicyclic) bond motifs is 1. The minimum atomic E-state index is -4.65. The normalized spacial score (nSPS) is 24.0. The number of aromatic nitrogens is 1. The maximum atomic E-state index is 15.2. The Morgan fingerprint density at radius 3 is 2.38 bits per heavy atom. The van der Waals surface area contributed by atoms with E-state index in [4.69, 9.17) is 15.1 Å². The summed E-state index contributed by atoms with van der Waals surface area (Å²) >= 11 is 0.727. The molecule has 6 nitrogen and oxygen atoms in total. The van der Waals surface area contributed by atoms with Gasteiger partial charge in [-0.3, -0.25) is 9.59 Å². The van der Waals surface area contributed by atoms with Crippen molar-refractivity contribution in [1.29, 1.82) is 0 Å². The number of carbonyl (C=O) groups excluding carboxylic acids is 1. The van der Waals surface area contributed by atoms with Crippen molar-refractivity contribution < 1.29 is 53.4 Å². The first-order valence-electron chi connectivity index (χ1n) is 23.3. The Labute approximate surface area is 325 Å². The zero-order valence-electron chi connectivity index (χ0n) is 42.7. The Morgan fingerprint density at radius 1 is 1.00 bits per heavy atom. The van der Waals surface area contributed by atoms with Crippen LogP contribution in [0, 0.1) is 11.6 Å². The van der Waals surface area contributed by atoms with Crippen LogP contribution in [0.25, 0.3) is 22.0 Å². The lowest BCUT2D eigenvalue weighted by Gasteiger charge is -2.39. The number of carbonyl (C=O) groups is 1. The van der Waals surface area contributed by atoms with Gasteiger partial charge in [0.1, 0.15) is 6.54 Å². The molecule has 1 aliphatic rings. The number of benzene rings is 4. The van der Waals surface area contributed by atoms with E-state index >= 15 is 4.79 Å². The summed E-state index contributed by atoms with van der Waals surface area (Å²) in [6.45, 7) is -19.6. The van der Waals surface area contributed by atoms with Crippen LogP contribution < -0.4 is 5.43 Å². The molecule has 0 bridgehead atoms. The Kier molecular flexibility index (Phi) is 6.91. The lowest BCUT2D eigenvalue weighted by Crippen LogP contribution is -2.48. The lowest BCUT2D eigenvalue weighted by molar-refractivity contribution is -0.137. The van der Waals surface area contributed by atoms with E-state index in [9.17, 15) is 33.6 Å². The topological polar surface area (TPSA) is 54.8 Å². The number of likely N-dealkylation sites (tertiary alicyclic amines) is 1. The van der Waals surface area contributed by atoms with Crippen molar-refractivity contribution in [3.05, 3.63) is 136 Å². The van der Waals surface area contributed by atoms with Gasteiger partial charge in [0.2, 0.25) is 5.91 Å². The number of halogens is 5. The average Bonchev–Trinajstić information content (AvgIpc) is 3.22. The number of hydrogen-bond donors (Lipinski definition) is 0. The molecule has 0 unspecified atom stereocenters. The maximum absolute atomic E-state index is 15.2. The average molecular weight is 752 g/mol. The van der Waals surface area contributed by atoms with E-state index in [1.165, 1.54) is 60.7 Å². The second kappa shape index (κ2) is 16.4. The third-order valence-corrected chi connectivity index (χ3v) is 8.96. The van der Waals surface area contributed by atoms with Gasteiger partial charge in [-0.25, -0.2) is 8.78 Å². The fourth-order valence-electron chi connectivity index (χ4n) is 5.28. The molecule has 2 heterocycles. The van der Waals surface area contributed by atoms with Gasteiger partial charge in [0, 0.05) is 75.6 Å². The van der Waals surface area contributed by atoms with E-state index in [0.29, 0.717) is 5.56 Å². The minimum absolute atomic E-state index is 0.00776. The van der Waals surface area contributed by atoms with Crippen LogP contribution in [0.1, 0.15) is 51.4 Å². The molecule has 1 amide bonds. The molecule has 12 heteroatoms. The van der Waals surface area contributed by atoms with Gasteiger partial charge in [0.05, 0.1) is 30.9 Å². The molecular formula is C40H38F5N3O3S. The predicted octanol–water partition coefficient (Wildman–Crippen LogP) is 8.40. The van der Waals surface area contributed by atoms with Crippen LogP contribution >= 0.6 is 11.8 Å². The van der Waals surface area contributed by atoms with Gasteiger partial charge >= 0.3 is 6.18 Å². The highest BCUT2D eigenvalue weighted by molar-refractivity contribution is 7.98. The Hall–Kier alpha value is -4.52. The zero-order valence-corrected chi connectivity index (χ0v) is 27.5. The fraction of sp³-hybridized carbons (Fsp3) is 0.300. The number of piperidine rings is 1. The van der Waals surface area contributed by atoms with Gasteiger partial charge in [0.15, 0.2) is 17.1 Å². The largest absolute Gasteiger partial charge is 0.416 e. The lowest BCUT2D eigenvalue weighted by atomic mass is 10.00. The summed E-state index contributed by atoms with van der Waals surface area (Å²) in [6.07, 6.45) is -13.4. The van der Waals surface area contributed by atoms with E-state index in [1.54, 1.807) is 0 Å². The third-order valence-electron chi connectivity index (χ3n) is 7.87. The Balaban J connectivity index is 1.53. The van der Waals surface area contributed by atoms with Gasteiger partial charge in [-0.1, -0.05) is 60.7 Å². The molecule has 0 aliphatic carbocycles. The molecular weight excluding hydrogens is 698 g/mol. The highest BCUT2D eigenvalue weighted by Gasteiger charge is 2.31. The number of amides is 1. The van der Waals surface area contributed by atoms with Crippen LogP contribution in [0.2, 0.25) is 0 Å². The predicted molar refractivity (Wildman–Crippen MR) is 193 cm³/mol. The van der Waals surface area contributed by atoms with Gasteiger partial charge in [-0.05, 0) is 59.8 Å². The third kappa shape index (κ3) is 8.74. The van der Waals surface area contributed by atoms with E-state index < -0.39 is 105 Å². The summed E-state index contributed by atoms with van der Waals surface area (Å²) in [5, 5.41) is -0.128. The maximum Gasteiger partial charge on any atom is 0.416 e. The van der Waals surface area contributed by atoms with Crippen molar-refractivity contribution in [2.45, 2.75) is 48.8 Å². The van der Waals surface area contributed by atoms with Gasteiger partial charge in [-0.2, -0.15) is 13.2 Å². The van der Waals surface area contributed by atoms with Crippen LogP contribution in [0.3, 0.4) is 0 Å². The highest BCUT2D eigenvalue weighted by atomic mass is 32.2. The number of ether oxygens (including phenoxy) is 1. The van der Waals surface area contributed by atoms with Crippen molar-refractivity contribution in [3.63, 3.8) is 0 Å². The first-order valence-corrected chi connectivity index (χ1v) is 16.3. The number of pyridine rings is 1. The van der Waals surface area contributed by atoms with Crippen LogP contribution in [-0.4, -0.2) is 59.4 Å². The molecule has 6 rings (SSSR count). The smallest absolute Gasteiger partial charge is 0.383 e. The van der Waals surface area contributed by atoms with Crippen LogP contribution in [0.4, 0.5) is 22.0 Å². The molecule has 52 heavy (non-hydrogen) atoms. The molecule has 1 saturated heterocycles. The van der Waals surface area contributed by atoms with Gasteiger partial charge in [0.25, 0.3) is 0 Å². The molecule has 272 valence electrons. The number of nitrogens with zero attached hydrogens (tertiary/aromatic N) is 3. The van der Waals surface area contributed by atoms with Gasteiger partial charge in [-0.15, -0.1) is 11.8 Å². The van der Waals surface area contributed by atoms with E-state index in [0.717, 1.165) is 52.7 Å².